The number of carbonyl (C=O) groups is 1. The number of halogens is 1. The summed E-state index contributed by atoms with van der Waals surface area (Å²) in [5.74, 6) is 0.642. The molecule has 2 aromatic heterocycles. The van der Waals surface area contributed by atoms with E-state index < -0.39 is 0 Å². The smallest absolute Gasteiger partial charge is 0.348 e. The van der Waals surface area contributed by atoms with Crippen molar-refractivity contribution in [2.45, 2.75) is 64.4 Å². The van der Waals surface area contributed by atoms with Gasteiger partial charge in [-0.1, -0.05) is 6.42 Å². The van der Waals surface area contributed by atoms with Crippen LogP contribution < -0.4 is 4.90 Å². The Morgan fingerprint density at radius 3 is 2.54 bits per heavy atom. The third kappa shape index (κ3) is 3.54. The summed E-state index contributed by atoms with van der Waals surface area (Å²) in [6.07, 6.45) is 9.08. The number of fused-ring (bicyclic) bond motifs is 1. The number of piperidine rings is 1. The number of thiophene rings is 1. The van der Waals surface area contributed by atoms with E-state index in [1.54, 1.807) is 0 Å². The summed E-state index contributed by atoms with van der Waals surface area (Å²) < 4.78 is 5.78. The minimum atomic E-state index is -0.224. The summed E-state index contributed by atoms with van der Waals surface area (Å²) in [5, 5.41) is 1.20. The molecule has 1 saturated carbocycles. The summed E-state index contributed by atoms with van der Waals surface area (Å²) in [6.45, 7) is 3.92. The third-order valence-electron chi connectivity index (χ3n) is 5.41. The first kappa shape index (κ1) is 18.0. The Labute approximate surface area is 162 Å². The van der Waals surface area contributed by atoms with Crippen LogP contribution in [0.15, 0.2) is 0 Å². The summed E-state index contributed by atoms with van der Waals surface area (Å²) >= 11 is 7.56. The predicted octanol–water partition coefficient (Wildman–Crippen LogP) is 5.13. The fraction of sp³-hybridized carbons (Fsp3) is 0.632. The monoisotopic (exact) mass is 393 g/mol. The van der Waals surface area contributed by atoms with Gasteiger partial charge in [-0.25, -0.2) is 9.78 Å². The van der Waals surface area contributed by atoms with Gasteiger partial charge in [0.15, 0.2) is 0 Å². The standard InChI is InChI=1S/C19H24ClN3O2S/c1-12-14-16(23-10-6-3-7-11-23)21-19(20)22-17(14)26-15(12)18(24)25-13-8-4-2-5-9-13/h13H,2-11H2,1H3. The van der Waals surface area contributed by atoms with E-state index >= 15 is 0 Å². The fourth-order valence-corrected chi connectivity index (χ4v) is 5.28. The molecule has 2 aromatic rings. The molecule has 4 rings (SSSR count). The fourth-order valence-electron chi connectivity index (χ4n) is 4.01. The molecule has 5 nitrogen and oxygen atoms in total. The molecule has 0 amide bonds. The van der Waals surface area contributed by atoms with E-state index in [4.69, 9.17) is 16.3 Å². The molecular weight excluding hydrogens is 370 g/mol. The molecule has 2 fully saturated rings. The molecule has 1 saturated heterocycles. The first-order valence-corrected chi connectivity index (χ1v) is 10.8. The van der Waals surface area contributed by atoms with Crippen molar-refractivity contribution in [2.24, 2.45) is 0 Å². The number of ether oxygens (including phenoxy) is 1. The van der Waals surface area contributed by atoms with Crippen LogP contribution in [0, 0.1) is 6.92 Å². The SMILES string of the molecule is Cc1c(C(=O)OC2CCCCC2)sc2nc(Cl)nc(N3CCCCC3)c12. The summed E-state index contributed by atoms with van der Waals surface area (Å²) in [7, 11) is 0. The molecule has 0 radical (unpaired) electrons. The van der Waals surface area contributed by atoms with Crippen molar-refractivity contribution in [1.29, 1.82) is 0 Å². The van der Waals surface area contributed by atoms with Crippen molar-refractivity contribution >= 4 is 44.9 Å². The number of hydrogen-bond acceptors (Lipinski definition) is 6. The topological polar surface area (TPSA) is 55.3 Å². The zero-order valence-electron chi connectivity index (χ0n) is 15.1. The Bertz CT molecular complexity index is 811. The second kappa shape index (κ2) is 7.69. The predicted molar refractivity (Wildman–Crippen MR) is 106 cm³/mol. The number of aromatic nitrogens is 2. The van der Waals surface area contributed by atoms with Gasteiger partial charge in [0.05, 0.1) is 5.39 Å². The van der Waals surface area contributed by atoms with E-state index in [9.17, 15) is 4.79 Å². The molecule has 0 aromatic carbocycles. The zero-order chi connectivity index (χ0) is 18.1. The normalized spacial score (nSPS) is 19.1. The first-order valence-electron chi connectivity index (χ1n) is 9.56. The minimum absolute atomic E-state index is 0.0529. The Kier molecular flexibility index (Phi) is 5.32. The van der Waals surface area contributed by atoms with Gasteiger partial charge in [-0.3, -0.25) is 0 Å². The number of anilines is 1. The molecule has 0 bridgehead atoms. The quantitative estimate of drug-likeness (QED) is 0.534. The largest absolute Gasteiger partial charge is 0.458 e. The van der Waals surface area contributed by atoms with Gasteiger partial charge in [0.1, 0.15) is 21.6 Å². The van der Waals surface area contributed by atoms with Crippen LogP contribution in [0.1, 0.15) is 66.6 Å². The van der Waals surface area contributed by atoms with Crippen molar-refractivity contribution < 1.29 is 9.53 Å². The van der Waals surface area contributed by atoms with Crippen molar-refractivity contribution in [2.75, 3.05) is 18.0 Å². The van der Waals surface area contributed by atoms with Crippen LogP contribution in [-0.2, 0) is 4.74 Å². The molecule has 26 heavy (non-hydrogen) atoms. The first-order chi connectivity index (χ1) is 12.6. The van der Waals surface area contributed by atoms with Gasteiger partial charge in [0.25, 0.3) is 0 Å². The van der Waals surface area contributed by atoms with E-state index in [-0.39, 0.29) is 17.4 Å². The maximum Gasteiger partial charge on any atom is 0.348 e. The van der Waals surface area contributed by atoms with Crippen LogP contribution >= 0.6 is 22.9 Å². The molecular formula is C19H24ClN3O2S. The highest BCUT2D eigenvalue weighted by Crippen LogP contribution is 2.37. The van der Waals surface area contributed by atoms with Crippen LogP contribution in [0.4, 0.5) is 5.82 Å². The Morgan fingerprint density at radius 1 is 1.12 bits per heavy atom. The summed E-state index contributed by atoms with van der Waals surface area (Å²) in [4.78, 5) is 25.3. The van der Waals surface area contributed by atoms with E-state index in [0.29, 0.717) is 4.88 Å². The minimum Gasteiger partial charge on any atom is -0.458 e. The lowest BCUT2D eigenvalue weighted by Gasteiger charge is -2.28. The molecule has 0 N–H and O–H groups in total. The van der Waals surface area contributed by atoms with Crippen LogP contribution in [0.2, 0.25) is 5.28 Å². The van der Waals surface area contributed by atoms with Gasteiger partial charge in [-0.2, -0.15) is 4.98 Å². The lowest BCUT2D eigenvalue weighted by Crippen LogP contribution is -2.30. The lowest BCUT2D eigenvalue weighted by atomic mass is 9.98. The zero-order valence-corrected chi connectivity index (χ0v) is 16.7. The maximum atomic E-state index is 12.8. The van der Waals surface area contributed by atoms with Gasteiger partial charge >= 0.3 is 5.97 Å². The maximum absolute atomic E-state index is 12.8. The van der Waals surface area contributed by atoms with Gasteiger partial charge in [0, 0.05) is 13.1 Å². The molecule has 1 aliphatic carbocycles. The average Bonchev–Trinajstić information content (AvgIpc) is 2.99. The highest BCUT2D eigenvalue weighted by molar-refractivity contribution is 7.20. The van der Waals surface area contributed by atoms with Crippen molar-refractivity contribution in [3.63, 3.8) is 0 Å². The number of carbonyl (C=O) groups excluding carboxylic acids is 1. The van der Waals surface area contributed by atoms with E-state index in [1.807, 2.05) is 6.92 Å². The van der Waals surface area contributed by atoms with Gasteiger partial charge in [-0.15, -0.1) is 11.3 Å². The van der Waals surface area contributed by atoms with Crippen molar-refractivity contribution in [3.05, 3.63) is 15.7 Å². The highest BCUT2D eigenvalue weighted by atomic mass is 35.5. The second-order valence-electron chi connectivity index (χ2n) is 7.27. The summed E-state index contributed by atoms with van der Waals surface area (Å²) in [5.41, 5.74) is 0.919. The van der Waals surface area contributed by atoms with Crippen LogP contribution in [-0.4, -0.2) is 35.1 Å². The molecule has 7 heteroatoms. The third-order valence-corrected chi connectivity index (χ3v) is 6.75. The second-order valence-corrected chi connectivity index (χ2v) is 8.60. The van der Waals surface area contributed by atoms with Gasteiger partial charge in [-0.05, 0) is 69.0 Å². The van der Waals surface area contributed by atoms with Gasteiger partial charge < -0.3 is 9.64 Å². The van der Waals surface area contributed by atoms with E-state index in [0.717, 1.165) is 73.2 Å². The molecule has 0 unspecified atom stereocenters. The molecule has 0 spiro atoms. The summed E-state index contributed by atoms with van der Waals surface area (Å²) in [6, 6.07) is 0. The highest BCUT2D eigenvalue weighted by Gasteiger charge is 2.26. The van der Waals surface area contributed by atoms with Crippen molar-refractivity contribution in [3.8, 4) is 0 Å². The van der Waals surface area contributed by atoms with Crippen LogP contribution in [0.5, 0.6) is 0 Å². The van der Waals surface area contributed by atoms with Crippen LogP contribution in [0.25, 0.3) is 10.2 Å². The molecule has 1 aliphatic heterocycles. The molecule has 2 aliphatic rings. The number of hydrogen-bond donors (Lipinski definition) is 0. The van der Waals surface area contributed by atoms with E-state index in [1.165, 1.54) is 24.2 Å². The molecule has 140 valence electrons. The molecule has 0 atom stereocenters. The van der Waals surface area contributed by atoms with Crippen LogP contribution in [0.3, 0.4) is 0 Å². The Hall–Kier alpha value is -1.40. The average molecular weight is 394 g/mol. The number of rotatable bonds is 3. The molecule has 3 heterocycles. The van der Waals surface area contributed by atoms with Gasteiger partial charge in [0.2, 0.25) is 5.28 Å². The van der Waals surface area contributed by atoms with E-state index in [2.05, 4.69) is 14.9 Å². The Balaban J connectivity index is 1.68. The number of esters is 1. The Morgan fingerprint density at radius 2 is 1.81 bits per heavy atom. The number of nitrogens with zero attached hydrogens (tertiary/aromatic N) is 3. The lowest BCUT2D eigenvalue weighted by molar-refractivity contribution is 0.0216. The van der Waals surface area contributed by atoms with Crippen molar-refractivity contribution in [1.82, 2.24) is 9.97 Å². The number of aryl methyl sites for hydroxylation is 1.